The Hall–Kier alpha value is -1.61. The van der Waals surface area contributed by atoms with E-state index in [4.69, 9.17) is 0 Å². The van der Waals surface area contributed by atoms with Crippen LogP contribution in [0.3, 0.4) is 0 Å². The predicted molar refractivity (Wildman–Crippen MR) is 58.2 cm³/mol. The van der Waals surface area contributed by atoms with Crippen molar-refractivity contribution in [3.63, 3.8) is 0 Å². The first kappa shape index (κ1) is 7.76. The molecule has 0 aliphatic heterocycles. The van der Waals surface area contributed by atoms with Crippen LogP contribution in [0, 0.1) is 5.38 Å². The molecule has 3 aromatic rings. The van der Waals surface area contributed by atoms with Crippen molar-refractivity contribution in [3.05, 3.63) is 42.0 Å². The fourth-order valence-electron chi connectivity index (χ4n) is 1.51. The Morgan fingerprint density at radius 1 is 1.29 bits per heavy atom. The number of fused-ring (bicyclic) bond motifs is 1. The number of H-pyrrole nitrogens is 1. The molecule has 1 radical (unpaired) electrons. The topological polar surface area (TPSA) is 28.7 Å². The fraction of sp³-hybridized carbons (Fsp3) is 0. The van der Waals surface area contributed by atoms with Gasteiger partial charge in [-0.15, -0.1) is 11.3 Å². The first-order valence-corrected chi connectivity index (χ1v) is 5.14. The summed E-state index contributed by atoms with van der Waals surface area (Å²) in [7, 11) is 0. The highest BCUT2D eigenvalue weighted by Gasteiger charge is 2.01. The van der Waals surface area contributed by atoms with Crippen LogP contribution in [-0.4, -0.2) is 9.97 Å². The second-order valence-corrected chi connectivity index (χ2v) is 3.89. The van der Waals surface area contributed by atoms with Gasteiger partial charge < -0.3 is 4.98 Å². The molecule has 67 valence electrons. The molecule has 0 spiro atoms. The average Bonchev–Trinajstić information content (AvgIpc) is 2.88. The lowest BCUT2D eigenvalue weighted by atomic mass is 10.2. The highest BCUT2D eigenvalue weighted by atomic mass is 32.1. The minimum Gasteiger partial charge on any atom is -0.361 e. The van der Waals surface area contributed by atoms with E-state index in [0.29, 0.717) is 0 Å². The Labute approximate surface area is 85.2 Å². The number of aromatic nitrogens is 2. The lowest BCUT2D eigenvalue weighted by Crippen LogP contribution is -1.74. The SMILES string of the molecule is [c]1cnc(-c2ccc3[nH]ccc3c2)s1. The normalized spacial score (nSPS) is 10.9. The summed E-state index contributed by atoms with van der Waals surface area (Å²) in [5, 5.41) is 5.23. The molecule has 1 N–H and O–H groups in total. The minimum atomic E-state index is 1.02. The molecular weight excluding hydrogens is 192 g/mol. The van der Waals surface area contributed by atoms with Gasteiger partial charge in [0.25, 0.3) is 0 Å². The number of thiazole rings is 1. The van der Waals surface area contributed by atoms with Crippen LogP contribution < -0.4 is 0 Å². The van der Waals surface area contributed by atoms with Crippen LogP contribution in [0.25, 0.3) is 21.5 Å². The monoisotopic (exact) mass is 199 g/mol. The van der Waals surface area contributed by atoms with E-state index in [1.165, 1.54) is 5.39 Å². The molecule has 0 atom stereocenters. The van der Waals surface area contributed by atoms with Crippen molar-refractivity contribution in [2.45, 2.75) is 0 Å². The molecular formula is C11H7N2S. The Bertz CT molecular complexity index is 551. The van der Waals surface area contributed by atoms with E-state index in [0.717, 1.165) is 16.1 Å². The number of nitrogens with zero attached hydrogens (tertiary/aromatic N) is 1. The molecule has 0 aliphatic carbocycles. The van der Waals surface area contributed by atoms with Gasteiger partial charge in [-0.2, -0.15) is 0 Å². The van der Waals surface area contributed by atoms with E-state index < -0.39 is 0 Å². The molecule has 0 unspecified atom stereocenters. The van der Waals surface area contributed by atoms with Crippen LogP contribution >= 0.6 is 11.3 Å². The summed E-state index contributed by atoms with van der Waals surface area (Å²) in [5.41, 5.74) is 2.32. The molecule has 0 saturated carbocycles. The van der Waals surface area contributed by atoms with Crippen molar-refractivity contribution >= 4 is 22.2 Å². The second kappa shape index (κ2) is 2.96. The zero-order valence-corrected chi connectivity index (χ0v) is 8.14. The third kappa shape index (κ3) is 1.14. The Morgan fingerprint density at radius 3 is 3.14 bits per heavy atom. The molecule has 2 heterocycles. The maximum atomic E-state index is 4.23. The van der Waals surface area contributed by atoms with Crippen LogP contribution in [0.1, 0.15) is 0 Å². The third-order valence-corrected chi connectivity index (χ3v) is 2.95. The second-order valence-electron chi connectivity index (χ2n) is 3.06. The largest absolute Gasteiger partial charge is 0.361 e. The lowest BCUT2D eigenvalue weighted by Gasteiger charge is -1.95. The van der Waals surface area contributed by atoms with Gasteiger partial charge in [0.15, 0.2) is 0 Å². The van der Waals surface area contributed by atoms with Gasteiger partial charge in [0, 0.05) is 28.9 Å². The molecule has 0 amide bonds. The number of nitrogens with one attached hydrogen (secondary N) is 1. The number of benzene rings is 1. The quantitative estimate of drug-likeness (QED) is 0.641. The van der Waals surface area contributed by atoms with Crippen molar-refractivity contribution in [1.29, 1.82) is 0 Å². The van der Waals surface area contributed by atoms with E-state index >= 15 is 0 Å². The molecule has 0 saturated heterocycles. The Kier molecular flexibility index (Phi) is 1.64. The maximum absolute atomic E-state index is 4.23. The van der Waals surface area contributed by atoms with Crippen LogP contribution in [0.15, 0.2) is 36.7 Å². The van der Waals surface area contributed by atoms with Gasteiger partial charge in [0.1, 0.15) is 5.01 Å². The molecule has 2 nitrogen and oxygen atoms in total. The molecule has 0 bridgehead atoms. The molecule has 1 aromatic carbocycles. The molecule has 3 heteroatoms. The van der Waals surface area contributed by atoms with E-state index in [9.17, 15) is 0 Å². The summed E-state index contributed by atoms with van der Waals surface area (Å²) in [5.74, 6) is 0. The summed E-state index contributed by atoms with van der Waals surface area (Å²) >= 11 is 1.54. The van der Waals surface area contributed by atoms with Crippen LogP contribution in [0.5, 0.6) is 0 Å². The van der Waals surface area contributed by atoms with Gasteiger partial charge in [0.05, 0.1) is 5.38 Å². The van der Waals surface area contributed by atoms with Crippen LogP contribution in [0.2, 0.25) is 0 Å². The van der Waals surface area contributed by atoms with E-state index in [1.807, 2.05) is 6.20 Å². The van der Waals surface area contributed by atoms with E-state index in [1.54, 1.807) is 17.5 Å². The Morgan fingerprint density at radius 2 is 2.29 bits per heavy atom. The van der Waals surface area contributed by atoms with Gasteiger partial charge in [-0.25, -0.2) is 4.98 Å². The summed E-state index contributed by atoms with van der Waals surface area (Å²) < 4.78 is 0. The molecule has 0 fully saturated rings. The maximum Gasteiger partial charge on any atom is 0.123 e. The van der Waals surface area contributed by atoms with Crippen LogP contribution in [0.4, 0.5) is 0 Å². The standard InChI is InChI=1S/C11H7N2S/c1-2-10-8(3-4-12-10)7-9(1)11-13-5-6-14-11/h1-5,7,12H. The van der Waals surface area contributed by atoms with Crippen molar-refractivity contribution in [3.8, 4) is 10.6 Å². The third-order valence-electron chi connectivity index (χ3n) is 2.19. The predicted octanol–water partition coefficient (Wildman–Crippen LogP) is 3.09. The number of rotatable bonds is 1. The number of hydrogen-bond acceptors (Lipinski definition) is 2. The lowest BCUT2D eigenvalue weighted by molar-refractivity contribution is 1.41. The fourth-order valence-corrected chi connectivity index (χ4v) is 2.08. The zero-order valence-electron chi connectivity index (χ0n) is 7.32. The van der Waals surface area contributed by atoms with E-state index in [-0.39, 0.29) is 0 Å². The highest BCUT2D eigenvalue weighted by molar-refractivity contribution is 7.12. The summed E-state index contributed by atoms with van der Waals surface area (Å²) in [6.07, 6.45) is 3.66. The van der Waals surface area contributed by atoms with Gasteiger partial charge in [-0.1, -0.05) is 0 Å². The Balaban J connectivity index is 2.23. The number of aromatic amines is 1. The van der Waals surface area contributed by atoms with Gasteiger partial charge in [-0.05, 0) is 24.3 Å². The molecule has 0 aliphatic rings. The first-order valence-electron chi connectivity index (χ1n) is 4.33. The zero-order chi connectivity index (χ0) is 9.38. The summed E-state index contributed by atoms with van der Waals surface area (Å²) in [6, 6.07) is 8.35. The van der Waals surface area contributed by atoms with Gasteiger partial charge >= 0.3 is 0 Å². The molecule has 14 heavy (non-hydrogen) atoms. The number of hydrogen-bond donors (Lipinski definition) is 1. The first-order chi connectivity index (χ1) is 6.93. The van der Waals surface area contributed by atoms with Gasteiger partial charge in [-0.3, -0.25) is 0 Å². The van der Waals surface area contributed by atoms with E-state index in [2.05, 4.69) is 39.6 Å². The van der Waals surface area contributed by atoms with Gasteiger partial charge in [0.2, 0.25) is 0 Å². The molecule has 2 aromatic heterocycles. The summed E-state index contributed by atoms with van der Waals surface area (Å²) in [6.45, 7) is 0. The van der Waals surface area contributed by atoms with Crippen molar-refractivity contribution in [1.82, 2.24) is 9.97 Å². The smallest absolute Gasteiger partial charge is 0.123 e. The molecule has 3 rings (SSSR count). The van der Waals surface area contributed by atoms with Crippen LogP contribution in [-0.2, 0) is 0 Å². The minimum absolute atomic E-state index is 1.02. The summed E-state index contributed by atoms with van der Waals surface area (Å²) in [4.78, 5) is 7.40. The van der Waals surface area contributed by atoms with Crippen molar-refractivity contribution in [2.75, 3.05) is 0 Å². The van der Waals surface area contributed by atoms with Crippen molar-refractivity contribution in [2.24, 2.45) is 0 Å². The highest BCUT2D eigenvalue weighted by Crippen LogP contribution is 2.24. The van der Waals surface area contributed by atoms with Crippen molar-refractivity contribution < 1.29 is 0 Å². The average molecular weight is 199 g/mol.